The average Bonchev–Trinajstić information content (AvgIpc) is 3.33. The standard InChI is InChI=1S/C25H22N4O5/c1-25(16-7-8-21-22(13-16)34-12-11-33-21)23(31)29(24(32)27-25)15-20(30)18-14-28(10-4-9-26)19-6-3-2-5-17(18)19/h2-3,5-8,13-14H,4,10-12,15H2,1H3,(H,27,32)/t25-/m0/s1. The number of hydrogen-bond acceptors (Lipinski definition) is 6. The summed E-state index contributed by atoms with van der Waals surface area (Å²) >= 11 is 0. The van der Waals surface area contributed by atoms with E-state index in [1.54, 1.807) is 31.3 Å². The number of nitriles is 1. The largest absolute Gasteiger partial charge is 0.486 e. The number of ketones is 1. The first-order chi connectivity index (χ1) is 16.4. The van der Waals surface area contributed by atoms with Crippen molar-refractivity contribution in [2.24, 2.45) is 0 Å². The van der Waals surface area contributed by atoms with Gasteiger partial charge in [0.1, 0.15) is 18.8 Å². The van der Waals surface area contributed by atoms with E-state index >= 15 is 0 Å². The SMILES string of the molecule is C[C@@]1(c2ccc3c(c2)OCCO3)NC(=O)N(CC(=O)c2cn(CCC#N)c3ccccc23)C1=O. The summed E-state index contributed by atoms with van der Waals surface area (Å²) in [5, 5.41) is 12.4. The molecule has 1 saturated heterocycles. The number of amides is 3. The maximum atomic E-state index is 13.4. The molecule has 3 amide bonds. The lowest BCUT2D eigenvalue weighted by atomic mass is 9.91. The second-order valence-electron chi connectivity index (χ2n) is 8.39. The molecule has 3 heterocycles. The van der Waals surface area contributed by atoms with E-state index in [-0.39, 0.29) is 5.78 Å². The van der Waals surface area contributed by atoms with Crippen LogP contribution in [-0.2, 0) is 16.9 Å². The van der Waals surface area contributed by atoms with Crippen molar-refractivity contribution in [3.63, 3.8) is 0 Å². The van der Waals surface area contributed by atoms with Crippen LogP contribution in [0.25, 0.3) is 10.9 Å². The minimum absolute atomic E-state index is 0.299. The Morgan fingerprint density at radius 1 is 1.15 bits per heavy atom. The molecule has 0 saturated carbocycles. The van der Waals surface area contributed by atoms with Crippen LogP contribution >= 0.6 is 0 Å². The van der Waals surface area contributed by atoms with Gasteiger partial charge in [0, 0.05) is 29.2 Å². The Labute approximate surface area is 195 Å². The summed E-state index contributed by atoms with van der Waals surface area (Å²) in [5.74, 6) is 0.208. The third kappa shape index (κ3) is 3.44. The third-order valence-electron chi connectivity index (χ3n) is 6.25. The lowest BCUT2D eigenvalue weighted by Gasteiger charge is -2.25. The summed E-state index contributed by atoms with van der Waals surface area (Å²) in [6, 6.07) is 13.9. The molecule has 0 bridgehead atoms. The summed E-state index contributed by atoms with van der Waals surface area (Å²) in [4.78, 5) is 40.3. The van der Waals surface area contributed by atoms with Crippen molar-refractivity contribution in [1.29, 1.82) is 5.26 Å². The second kappa shape index (κ2) is 8.23. The summed E-state index contributed by atoms with van der Waals surface area (Å²) in [6.45, 7) is 2.50. The number of fused-ring (bicyclic) bond motifs is 2. The van der Waals surface area contributed by atoms with Gasteiger partial charge in [-0.25, -0.2) is 4.79 Å². The molecule has 1 N–H and O–H groups in total. The minimum atomic E-state index is -1.34. The lowest BCUT2D eigenvalue weighted by molar-refractivity contribution is -0.130. The predicted octanol–water partition coefficient (Wildman–Crippen LogP) is 2.98. The van der Waals surface area contributed by atoms with Gasteiger partial charge in [0.25, 0.3) is 5.91 Å². The van der Waals surface area contributed by atoms with E-state index in [0.29, 0.717) is 54.2 Å². The molecule has 2 aliphatic rings. The smallest absolute Gasteiger partial charge is 0.325 e. The molecule has 0 unspecified atom stereocenters. The zero-order valence-electron chi connectivity index (χ0n) is 18.5. The number of benzene rings is 2. The molecule has 1 fully saturated rings. The van der Waals surface area contributed by atoms with Crippen LogP contribution in [0, 0.1) is 11.3 Å². The van der Waals surface area contributed by atoms with Crippen molar-refractivity contribution < 1.29 is 23.9 Å². The quantitative estimate of drug-likeness (QED) is 0.449. The van der Waals surface area contributed by atoms with Gasteiger partial charge in [0.05, 0.1) is 19.0 Å². The van der Waals surface area contributed by atoms with Crippen LogP contribution in [0.3, 0.4) is 0 Å². The topological polar surface area (TPSA) is 114 Å². The zero-order valence-corrected chi connectivity index (χ0v) is 18.5. The molecule has 172 valence electrons. The van der Waals surface area contributed by atoms with Crippen LogP contribution in [0.4, 0.5) is 4.79 Å². The van der Waals surface area contributed by atoms with Gasteiger partial charge in [-0.2, -0.15) is 5.26 Å². The van der Waals surface area contributed by atoms with E-state index in [1.807, 2.05) is 28.8 Å². The van der Waals surface area contributed by atoms with Gasteiger partial charge in [0.15, 0.2) is 17.3 Å². The minimum Gasteiger partial charge on any atom is -0.486 e. The highest BCUT2D eigenvalue weighted by Crippen LogP contribution is 2.37. The van der Waals surface area contributed by atoms with Crippen molar-refractivity contribution >= 4 is 28.6 Å². The Hall–Kier alpha value is -4.32. The van der Waals surface area contributed by atoms with Crippen LogP contribution in [0.5, 0.6) is 11.5 Å². The molecule has 34 heavy (non-hydrogen) atoms. The maximum Gasteiger partial charge on any atom is 0.325 e. The van der Waals surface area contributed by atoms with Crippen molar-refractivity contribution in [3.05, 3.63) is 59.8 Å². The Kier molecular flexibility index (Phi) is 5.21. The molecule has 2 aromatic carbocycles. The van der Waals surface area contributed by atoms with Gasteiger partial charge in [-0.05, 0) is 30.7 Å². The number of Topliss-reactive ketones (excluding diaryl/α,β-unsaturated/α-hetero) is 1. The first kappa shape index (κ1) is 21.5. The number of aromatic nitrogens is 1. The fourth-order valence-electron chi connectivity index (χ4n) is 4.44. The molecule has 0 radical (unpaired) electrons. The fourth-order valence-corrected chi connectivity index (χ4v) is 4.44. The highest BCUT2D eigenvalue weighted by atomic mass is 16.6. The highest BCUT2D eigenvalue weighted by molar-refractivity contribution is 6.14. The molecule has 1 atom stereocenters. The number of carbonyl (C=O) groups excluding carboxylic acids is 3. The van der Waals surface area contributed by atoms with E-state index in [4.69, 9.17) is 14.7 Å². The van der Waals surface area contributed by atoms with Gasteiger partial charge in [-0.15, -0.1) is 0 Å². The Bertz CT molecular complexity index is 1370. The Morgan fingerprint density at radius 3 is 2.71 bits per heavy atom. The molecule has 9 heteroatoms. The Balaban J connectivity index is 1.42. The van der Waals surface area contributed by atoms with Crippen molar-refractivity contribution in [3.8, 4) is 17.6 Å². The van der Waals surface area contributed by atoms with E-state index in [0.717, 1.165) is 10.4 Å². The summed E-state index contributed by atoms with van der Waals surface area (Å²) in [7, 11) is 0. The number of nitrogens with one attached hydrogen (secondary N) is 1. The van der Waals surface area contributed by atoms with E-state index in [2.05, 4.69) is 11.4 Å². The van der Waals surface area contributed by atoms with E-state index in [1.165, 1.54) is 0 Å². The third-order valence-corrected chi connectivity index (χ3v) is 6.25. The molecule has 5 rings (SSSR count). The zero-order chi connectivity index (χ0) is 23.9. The molecule has 9 nitrogen and oxygen atoms in total. The molecular weight excluding hydrogens is 436 g/mol. The fraction of sp³-hybridized carbons (Fsp3) is 0.280. The monoisotopic (exact) mass is 458 g/mol. The van der Waals surface area contributed by atoms with E-state index < -0.39 is 24.0 Å². The predicted molar refractivity (Wildman–Crippen MR) is 122 cm³/mol. The number of urea groups is 1. The normalized spacial score (nSPS) is 19.2. The first-order valence-electron chi connectivity index (χ1n) is 10.9. The number of ether oxygens (including phenoxy) is 2. The van der Waals surface area contributed by atoms with E-state index in [9.17, 15) is 14.4 Å². The van der Waals surface area contributed by atoms with Crippen molar-refractivity contribution in [1.82, 2.24) is 14.8 Å². The summed E-state index contributed by atoms with van der Waals surface area (Å²) in [6.07, 6.45) is 1.98. The maximum absolute atomic E-state index is 13.4. The average molecular weight is 458 g/mol. The van der Waals surface area contributed by atoms with Gasteiger partial charge in [-0.3, -0.25) is 14.5 Å². The van der Waals surface area contributed by atoms with Crippen LogP contribution in [0.15, 0.2) is 48.7 Å². The van der Waals surface area contributed by atoms with Crippen LogP contribution in [0.1, 0.15) is 29.3 Å². The molecule has 3 aromatic rings. The van der Waals surface area contributed by atoms with Crippen molar-refractivity contribution in [2.45, 2.75) is 25.4 Å². The van der Waals surface area contributed by atoms with Gasteiger partial charge < -0.3 is 19.4 Å². The van der Waals surface area contributed by atoms with Crippen LogP contribution in [-0.4, -0.2) is 46.9 Å². The van der Waals surface area contributed by atoms with Gasteiger partial charge in [0.2, 0.25) is 0 Å². The number of rotatable bonds is 6. The second-order valence-corrected chi connectivity index (χ2v) is 8.39. The number of hydrogen-bond donors (Lipinski definition) is 1. The number of carbonyl (C=O) groups is 3. The first-order valence-corrected chi connectivity index (χ1v) is 10.9. The van der Waals surface area contributed by atoms with Gasteiger partial charge >= 0.3 is 6.03 Å². The number of para-hydroxylation sites is 1. The van der Waals surface area contributed by atoms with Gasteiger partial charge in [-0.1, -0.05) is 24.3 Å². The molecule has 0 spiro atoms. The molecule has 0 aliphatic carbocycles. The number of nitrogens with zero attached hydrogens (tertiary/aromatic N) is 3. The Morgan fingerprint density at radius 2 is 1.91 bits per heavy atom. The molecular formula is C25H22N4O5. The molecule has 2 aliphatic heterocycles. The van der Waals surface area contributed by atoms with Crippen LogP contribution in [0.2, 0.25) is 0 Å². The summed E-state index contributed by atoms with van der Waals surface area (Å²) < 4.78 is 13.0. The van der Waals surface area contributed by atoms with Crippen molar-refractivity contribution in [2.75, 3.05) is 19.8 Å². The number of aryl methyl sites for hydroxylation is 1. The van der Waals surface area contributed by atoms with Crippen LogP contribution < -0.4 is 14.8 Å². The molecule has 1 aromatic heterocycles. The highest BCUT2D eigenvalue weighted by Gasteiger charge is 2.50. The summed E-state index contributed by atoms with van der Waals surface area (Å²) in [5.41, 5.74) is 0.424. The number of imide groups is 1. The lowest BCUT2D eigenvalue weighted by Crippen LogP contribution is -2.41.